The summed E-state index contributed by atoms with van der Waals surface area (Å²) in [5.41, 5.74) is 3.29. The highest BCUT2D eigenvalue weighted by molar-refractivity contribution is 7.16. The van der Waals surface area contributed by atoms with E-state index in [4.69, 9.17) is 16.3 Å². The Labute approximate surface area is 209 Å². The lowest BCUT2D eigenvalue weighted by Gasteiger charge is -2.13. The lowest BCUT2D eigenvalue weighted by Crippen LogP contribution is -2.23. The zero-order valence-electron chi connectivity index (χ0n) is 18.7. The number of methoxy groups -OCH3 is 1. The number of hydrogen-bond donors (Lipinski definition) is 2. The van der Waals surface area contributed by atoms with Crippen LogP contribution in [-0.4, -0.2) is 38.7 Å². The van der Waals surface area contributed by atoms with Crippen molar-refractivity contribution in [1.82, 2.24) is 25.3 Å². The van der Waals surface area contributed by atoms with E-state index in [2.05, 4.69) is 30.6 Å². The van der Waals surface area contributed by atoms with E-state index in [1.807, 2.05) is 6.92 Å². The first-order valence-electron chi connectivity index (χ1n) is 10.6. The Bertz CT molecular complexity index is 1440. The molecule has 4 aromatic heterocycles. The molecule has 176 valence electrons. The fraction of sp³-hybridized carbons (Fsp3) is 0.167. The molecule has 0 fully saturated rings. The van der Waals surface area contributed by atoms with E-state index in [1.54, 1.807) is 30.5 Å². The third-order valence-electron chi connectivity index (χ3n) is 5.48. The van der Waals surface area contributed by atoms with Crippen LogP contribution in [0.15, 0.2) is 49.1 Å². The quantitative estimate of drug-likeness (QED) is 0.372. The van der Waals surface area contributed by atoms with Crippen molar-refractivity contribution < 1.29 is 14.3 Å². The summed E-state index contributed by atoms with van der Waals surface area (Å²) in [7, 11) is 1.50. The van der Waals surface area contributed by atoms with Crippen LogP contribution in [0.4, 0.5) is 5.13 Å². The molecule has 2 N–H and O–H groups in total. The van der Waals surface area contributed by atoms with E-state index in [1.165, 1.54) is 37.0 Å². The predicted molar refractivity (Wildman–Crippen MR) is 132 cm³/mol. The summed E-state index contributed by atoms with van der Waals surface area (Å²) in [5.74, 6) is -0.180. The van der Waals surface area contributed by atoms with E-state index >= 15 is 0 Å². The second kappa shape index (κ2) is 9.49. The molecule has 11 heteroatoms. The molecule has 1 unspecified atom stereocenters. The number of fused-ring (bicyclic) bond motifs is 1. The Morgan fingerprint density at radius 3 is 2.83 bits per heavy atom. The second-order valence-corrected chi connectivity index (χ2v) is 9.30. The first-order chi connectivity index (χ1) is 16.9. The highest BCUT2D eigenvalue weighted by Crippen LogP contribution is 2.36. The van der Waals surface area contributed by atoms with Crippen molar-refractivity contribution in [2.45, 2.75) is 19.5 Å². The number of hydrogen-bond acceptors (Lipinski definition) is 9. The fourth-order valence-electron chi connectivity index (χ4n) is 3.86. The van der Waals surface area contributed by atoms with Gasteiger partial charge in [0, 0.05) is 58.6 Å². The minimum absolute atomic E-state index is 0.120. The van der Waals surface area contributed by atoms with Crippen molar-refractivity contribution in [3.8, 4) is 17.0 Å². The molecule has 1 aliphatic heterocycles. The molecular weight excluding hydrogens is 488 g/mol. The van der Waals surface area contributed by atoms with Crippen LogP contribution >= 0.6 is 22.9 Å². The van der Waals surface area contributed by atoms with Crippen LogP contribution in [0.3, 0.4) is 0 Å². The normalized spacial score (nSPS) is 14.4. The molecule has 1 atom stereocenters. The van der Waals surface area contributed by atoms with Crippen LogP contribution in [0.1, 0.15) is 43.0 Å². The van der Waals surface area contributed by atoms with Crippen molar-refractivity contribution in [3.63, 3.8) is 0 Å². The number of rotatable bonds is 6. The Balaban J connectivity index is 1.44. The van der Waals surface area contributed by atoms with Gasteiger partial charge in [-0.2, -0.15) is 0 Å². The molecule has 0 aromatic carbocycles. The van der Waals surface area contributed by atoms with Crippen LogP contribution in [0.5, 0.6) is 5.88 Å². The third kappa shape index (κ3) is 4.51. The first kappa shape index (κ1) is 23.0. The maximum Gasteiger partial charge on any atom is 0.259 e. The van der Waals surface area contributed by atoms with Gasteiger partial charge >= 0.3 is 0 Å². The summed E-state index contributed by atoms with van der Waals surface area (Å²) in [6, 6.07) is 6.31. The SMILES string of the molecule is COc1ncc(Cl)cc1-c1cc(C)ncc1C(=O)Nc1nc2c(s1)CNC2C(=O)c1cccnc1. The number of halogens is 1. The summed E-state index contributed by atoms with van der Waals surface area (Å²) >= 11 is 7.50. The van der Waals surface area contributed by atoms with E-state index in [0.29, 0.717) is 50.5 Å². The molecule has 1 amide bonds. The highest BCUT2D eigenvalue weighted by atomic mass is 35.5. The molecule has 0 radical (unpaired) electrons. The van der Waals surface area contributed by atoms with Gasteiger partial charge in [-0.1, -0.05) is 22.9 Å². The maximum atomic E-state index is 13.3. The average Bonchev–Trinajstić information content (AvgIpc) is 3.44. The van der Waals surface area contributed by atoms with Gasteiger partial charge in [-0.25, -0.2) is 9.97 Å². The van der Waals surface area contributed by atoms with Crippen molar-refractivity contribution >= 4 is 39.8 Å². The van der Waals surface area contributed by atoms with Crippen LogP contribution in [0, 0.1) is 6.92 Å². The lowest BCUT2D eigenvalue weighted by atomic mass is 10.0. The molecule has 0 saturated heterocycles. The minimum atomic E-state index is -0.588. The van der Waals surface area contributed by atoms with Crippen LogP contribution < -0.4 is 15.4 Å². The summed E-state index contributed by atoms with van der Waals surface area (Å²) in [5, 5.41) is 6.84. The number of amides is 1. The first-order valence-corrected chi connectivity index (χ1v) is 11.8. The van der Waals surface area contributed by atoms with Gasteiger partial charge in [0.25, 0.3) is 5.91 Å². The molecule has 0 bridgehead atoms. The summed E-state index contributed by atoms with van der Waals surface area (Å²) < 4.78 is 5.38. The molecule has 0 spiro atoms. The highest BCUT2D eigenvalue weighted by Gasteiger charge is 2.33. The number of carbonyl (C=O) groups is 2. The zero-order chi connectivity index (χ0) is 24.5. The fourth-order valence-corrected chi connectivity index (χ4v) is 4.97. The molecular formula is C24H19ClN6O3S. The number of nitrogens with zero attached hydrogens (tertiary/aromatic N) is 4. The molecule has 4 aromatic rings. The largest absolute Gasteiger partial charge is 0.481 e. The molecule has 0 saturated carbocycles. The smallest absolute Gasteiger partial charge is 0.259 e. The third-order valence-corrected chi connectivity index (χ3v) is 6.68. The van der Waals surface area contributed by atoms with E-state index in [9.17, 15) is 9.59 Å². The van der Waals surface area contributed by atoms with Gasteiger partial charge in [0.15, 0.2) is 10.9 Å². The minimum Gasteiger partial charge on any atom is -0.481 e. The van der Waals surface area contributed by atoms with Gasteiger partial charge in [0.1, 0.15) is 6.04 Å². The number of anilines is 1. The molecule has 5 rings (SSSR count). The Kier molecular flexibility index (Phi) is 6.25. The number of ketones is 1. The maximum absolute atomic E-state index is 13.3. The predicted octanol–water partition coefficient (Wildman–Crippen LogP) is 4.25. The van der Waals surface area contributed by atoms with Crippen molar-refractivity contribution in [3.05, 3.63) is 81.5 Å². The van der Waals surface area contributed by atoms with Gasteiger partial charge in [-0.3, -0.25) is 30.2 Å². The molecule has 0 aliphatic carbocycles. The summed E-state index contributed by atoms with van der Waals surface area (Å²) in [6.07, 6.45) is 6.12. The molecule has 35 heavy (non-hydrogen) atoms. The molecule has 9 nitrogen and oxygen atoms in total. The Morgan fingerprint density at radius 1 is 1.20 bits per heavy atom. The number of aromatic nitrogens is 4. The topological polar surface area (TPSA) is 119 Å². The second-order valence-electron chi connectivity index (χ2n) is 7.78. The number of Topliss-reactive ketones (excluding diaryl/α,β-unsaturated/α-hetero) is 1. The van der Waals surface area contributed by atoms with Crippen LogP contribution in [0.25, 0.3) is 11.1 Å². The Hall–Kier alpha value is -3.73. The van der Waals surface area contributed by atoms with Gasteiger partial charge in [0.2, 0.25) is 5.88 Å². The molecule has 1 aliphatic rings. The van der Waals surface area contributed by atoms with Crippen molar-refractivity contribution in [1.29, 1.82) is 0 Å². The lowest BCUT2D eigenvalue weighted by molar-refractivity contribution is 0.0946. The number of pyridine rings is 3. The molecule has 5 heterocycles. The van der Waals surface area contributed by atoms with Crippen LogP contribution in [0.2, 0.25) is 5.02 Å². The monoisotopic (exact) mass is 506 g/mol. The van der Waals surface area contributed by atoms with E-state index in [0.717, 1.165) is 10.6 Å². The standard InChI is InChI=1S/C24H19ClN6O3S/c1-12-6-15(16-7-14(25)9-29-23(16)34-2)17(10-27-12)22(33)31-24-30-19-18(35-24)11-28-20(19)21(32)13-4-3-5-26-8-13/h3-10,20,28H,11H2,1-2H3,(H,30,31,33). The number of thiazole rings is 1. The van der Waals surface area contributed by atoms with Gasteiger partial charge < -0.3 is 4.74 Å². The van der Waals surface area contributed by atoms with Gasteiger partial charge in [-0.15, -0.1) is 0 Å². The summed E-state index contributed by atoms with van der Waals surface area (Å²) in [4.78, 5) is 44.2. The van der Waals surface area contributed by atoms with Crippen molar-refractivity contribution in [2.75, 3.05) is 12.4 Å². The van der Waals surface area contributed by atoms with Crippen LogP contribution in [-0.2, 0) is 6.54 Å². The summed E-state index contributed by atoms with van der Waals surface area (Å²) in [6.45, 7) is 2.32. The number of carbonyl (C=O) groups excluding carboxylic acids is 2. The van der Waals surface area contributed by atoms with E-state index in [-0.39, 0.29) is 5.78 Å². The van der Waals surface area contributed by atoms with Gasteiger partial charge in [0.05, 0.1) is 23.4 Å². The van der Waals surface area contributed by atoms with E-state index < -0.39 is 11.9 Å². The number of aryl methyl sites for hydroxylation is 1. The number of ether oxygens (including phenoxy) is 1. The van der Waals surface area contributed by atoms with Gasteiger partial charge in [-0.05, 0) is 31.2 Å². The number of nitrogens with one attached hydrogen (secondary N) is 2. The Morgan fingerprint density at radius 2 is 2.06 bits per heavy atom. The van der Waals surface area contributed by atoms with Crippen molar-refractivity contribution in [2.24, 2.45) is 0 Å². The zero-order valence-corrected chi connectivity index (χ0v) is 20.3. The average molecular weight is 507 g/mol.